The van der Waals surface area contributed by atoms with Crippen LogP contribution < -0.4 is 5.32 Å². The van der Waals surface area contributed by atoms with Crippen molar-refractivity contribution >= 4 is 17.0 Å². The molecule has 2 aromatic rings. The van der Waals surface area contributed by atoms with Crippen LogP contribution >= 0.6 is 17.0 Å². The highest BCUT2D eigenvalue weighted by atomic mass is 79.9. The second-order valence-corrected chi connectivity index (χ2v) is 4.61. The van der Waals surface area contributed by atoms with Gasteiger partial charge in [-0.3, -0.25) is 0 Å². The lowest BCUT2D eigenvalue weighted by Crippen LogP contribution is -2.18. The average Bonchev–Trinajstić information content (AvgIpc) is 2.43. The van der Waals surface area contributed by atoms with Crippen LogP contribution in [0.15, 0.2) is 36.4 Å². The van der Waals surface area contributed by atoms with E-state index >= 15 is 0 Å². The minimum atomic E-state index is -0.188. The highest BCUT2D eigenvalue weighted by Gasteiger charge is 2.16. The van der Waals surface area contributed by atoms with Gasteiger partial charge in [-0.2, -0.15) is 0 Å². The topological polar surface area (TPSA) is 93.0 Å². The van der Waals surface area contributed by atoms with Crippen LogP contribution in [0.1, 0.15) is 17.0 Å². The molecule has 0 aromatic heterocycles. The number of aromatic hydroxyl groups is 4. The summed E-state index contributed by atoms with van der Waals surface area (Å²) < 4.78 is 0. The van der Waals surface area contributed by atoms with Crippen LogP contribution in [0.3, 0.4) is 0 Å². The van der Waals surface area contributed by atoms with Crippen LogP contribution in [-0.2, 0) is 0 Å². The molecule has 114 valence electrons. The van der Waals surface area contributed by atoms with E-state index in [1.807, 2.05) is 0 Å². The molecule has 0 aliphatic carbocycles. The fourth-order valence-corrected chi connectivity index (χ4v) is 2.15. The molecule has 2 rings (SSSR count). The highest BCUT2D eigenvalue weighted by Crippen LogP contribution is 2.34. The van der Waals surface area contributed by atoms with Gasteiger partial charge in [0.25, 0.3) is 0 Å². The van der Waals surface area contributed by atoms with Crippen LogP contribution in [0.5, 0.6) is 23.0 Å². The molecule has 0 aliphatic rings. The molecule has 0 fully saturated rings. The monoisotopic (exact) mass is 355 g/mol. The predicted molar refractivity (Wildman–Crippen MR) is 85.6 cm³/mol. The number of hydrogen-bond acceptors (Lipinski definition) is 5. The summed E-state index contributed by atoms with van der Waals surface area (Å²) >= 11 is 0. The van der Waals surface area contributed by atoms with Crippen LogP contribution in [0.4, 0.5) is 0 Å². The number of benzene rings is 2. The number of halogens is 1. The zero-order valence-electron chi connectivity index (χ0n) is 11.4. The van der Waals surface area contributed by atoms with Crippen molar-refractivity contribution in [3.05, 3.63) is 47.5 Å². The summed E-state index contributed by atoms with van der Waals surface area (Å²) in [5.41, 5.74) is 1.58. The number of hydrogen-bond donors (Lipinski definition) is 5. The molecule has 0 bridgehead atoms. The Hall–Kier alpha value is -1.92. The molecule has 2 aromatic carbocycles. The molecule has 5 nitrogen and oxygen atoms in total. The molecule has 5 N–H and O–H groups in total. The van der Waals surface area contributed by atoms with Crippen molar-refractivity contribution in [2.75, 3.05) is 13.6 Å². The van der Waals surface area contributed by atoms with Gasteiger partial charge < -0.3 is 25.7 Å². The Morgan fingerprint density at radius 3 is 1.57 bits per heavy atom. The molecular weight excluding hydrogens is 338 g/mol. The van der Waals surface area contributed by atoms with E-state index in [2.05, 4.69) is 5.32 Å². The Morgan fingerprint density at radius 2 is 1.24 bits per heavy atom. The van der Waals surface area contributed by atoms with Gasteiger partial charge >= 0.3 is 0 Å². The van der Waals surface area contributed by atoms with Gasteiger partial charge in [0.1, 0.15) is 0 Å². The zero-order chi connectivity index (χ0) is 14.7. The maximum Gasteiger partial charge on any atom is 0.157 e. The first-order chi connectivity index (χ1) is 9.52. The molecule has 0 amide bonds. The zero-order valence-corrected chi connectivity index (χ0v) is 13.2. The molecule has 0 saturated heterocycles. The Kier molecular flexibility index (Phi) is 5.87. The largest absolute Gasteiger partial charge is 0.504 e. The molecule has 21 heavy (non-hydrogen) atoms. The van der Waals surface area contributed by atoms with E-state index in [0.717, 1.165) is 11.1 Å². The van der Waals surface area contributed by atoms with Crippen molar-refractivity contribution in [3.63, 3.8) is 0 Å². The third kappa shape index (κ3) is 3.80. The van der Waals surface area contributed by atoms with Crippen LogP contribution in [0, 0.1) is 0 Å². The first kappa shape index (κ1) is 17.1. The Bertz CT molecular complexity index is 567. The first-order valence-electron chi connectivity index (χ1n) is 6.21. The minimum absolute atomic E-state index is 0. The minimum Gasteiger partial charge on any atom is -0.504 e. The fraction of sp³-hybridized carbons (Fsp3) is 0.200. The first-order valence-corrected chi connectivity index (χ1v) is 6.21. The molecule has 0 radical (unpaired) electrons. The lowest BCUT2D eigenvalue weighted by molar-refractivity contribution is 0.401. The van der Waals surface area contributed by atoms with Crippen molar-refractivity contribution < 1.29 is 20.4 Å². The summed E-state index contributed by atoms with van der Waals surface area (Å²) in [4.78, 5) is 0. The maximum absolute atomic E-state index is 9.60. The van der Waals surface area contributed by atoms with E-state index in [4.69, 9.17) is 0 Å². The Balaban J connectivity index is 0.00000220. The van der Waals surface area contributed by atoms with Crippen LogP contribution in [0.2, 0.25) is 0 Å². The van der Waals surface area contributed by atoms with Crippen LogP contribution in [0.25, 0.3) is 0 Å². The highest BCUT2D eigenvalue weighted by molar-refractivity contribution is 8.93. The van der Waals surface area contributed by atoms with Crippen molar-refractivity contribution in [2.45, 2.75) is 5.92 Å². The van der Waals surface area contributed by atoms with Crippen molar-refractivity contribution in [1.82, 2.24) is 5.32 Å². The van der Waals surface area contributed by atoms with E-state index in [9.17, 15) is 20.4 Å². The number of nitrogens with one attached hydrogen (secondary N) is 1. The van der Waals surface area contributed by atoms with Crippen molar-refractivity contribution in [1.29, 1.82) is 0 Å². The lowest BCUT2D eigenvalue weighted by atomic mass is 9.90. The summed E-state index contributed by atoms with van der Waals surface area (Å²) in [6.07, 6.45) is 0. The van der Waals surface area contributed by atoms with Crippen molar-refractivity contribution in [3.8, 4) is 23.0 Å². The predicted octanol–water partition coefficient (Wildman–Crippen LogP) is 2.44. The smallest absolute Gasteiger partial charge is 0.157 e. The standard InChI is InChI=1S/C15H17NO4.BrH/c1-16-8-11(9-2-4-12(17)14(19)6-9)10-3-5-13(18)15(20)7-10;/h2-7,11,16-20H,8H2,1H3;1H. The normalized spacial score (nSPS) is 10.4. The molecule has 0 unspecified atom stereocenters. The quantitative estimate of drug-likeness (QED) is 0.543. The molecule has 0 heterocycles. The molecule has 0 aliphatic heterocycles. The molecule has 0 saturated carbocycles. The molecule has 6 heteroatoms. The maximum atomic E-state index is 9.60. The second kappa shape index (κ2) is 7.19. The van der Waals surface area contributed by atoms with Gasteiger partial charge in [0.2, 0.25) is 0 Å². The second-order valence-electron chi connectivity index (χ2n) is 4.61. The third-order valence-corrected chi connectivity index (χ3v) is 3.21. The number of phenols is 4. The summed E-state index contributed by atoms with van der Waals surface area (Å²) in [6.45, 7) is 0.578. The average molecular weight is 356 g/mol. The molecular formula is C15H18BrNO4. The number of likely N-dealkylation sites (N-methyl/N-ethyl adjacent to an activating group) is 1. The van der Waals surface area contributed by atoms with Gasteiger partial charge in [0.05, 0.1) is 0 Å². The van der Waals surface area contributed by atoms with Gasteiger partial charge in [0.15, 0.2) is 23.0 Å². The van der Waals surface area contributed by atoms with E-state index in [1.165, 1.54) is 24.3 Å². The lowest BCUT2D eigenvalue weighted by Gasteiger charge is -2.18. The summed E-state index contributed by atoms with van der Waals surface area (Å²) in [5.74, 6) is -0.854. The number of phenolic OH excluding ortho intramolecular Hbond substituents is 4. The number of rotatable bonds is 4. The van der Waals surface area contributed by atoms with Crippen LogP contribution in [-0.4, -0.2) is 34.0 Å². The third-order valence-electron chi connectivity index (χ3n) is 3.21. The SMILES string of the molecule is Br.CNCC(c1ccc(O)c(O)c1)c1ccc(O)c(O)c1. The van der Waals surface area contributed by atoms with Gasteiger partial charge in [0, 0.05) is 12.5 Å². The summed E-state index contributed by atoms with van der Waals surface area (Å²) in [7, 11) is 1.80. The molecule has 0 spiro atoms. The Labute approximate surface area is 133 Å². The summed E-state index contributed by atoms with van der Waals surface area (Å²) in [6, 6.07) is 9.24. The fourth-order valence-electron chi connectivity index (χ4n) is 2.15. The van der Waals surface area contributed by atoms with E-state index in [0.29, 0.717) is 6.54 Å². The van der Waals surface area contributed by atoms with Gasteiger partial charge in [-0.15, -0.1) is 17.0 Å². The summed E-state index contributed by atoms with van der Waals surface area (Å²) in [5, 5.41) is 41.0. The van der Waals surface area contributed by atoms with Gasteiger partial charge in [-0.25, -0.2) is 0 Å². The van der Waals surface area contributed by atoms with Gasteiger partial charge in [-0.1, -0.05) is 12.1 Å². The van der Waals surface area contributed by atoms with E-state index in [-0.39, 0.29) is 45.9 Å². The van der Waals surface area contributed by atoms with Crippen molar-refractivity contribution in [2.24, 2.45) is 0 Å². The van der Waals surface area contributed by atoms with Gasteiger partial charge in [-0.05, 0) is 42.4 Å². The van der Waals surface area contributed by atoms with E-state index < -0.39 is 0 Å². The van der Waals surface area contributed by atoms with E-state index in [1.54, 1.807) is 19.2 Å². The Morgan fingerprint density at radius 1 is 0.810 bits per heavy atom. The molecule has 0 atom stereocenters.